The molecule has 74 valence electrons. The normalized spacial score (nSPS) is 12.1. The first-order valence-corrected chi connectivity index (χ1v) is 5.38. The Morgan fingerprint density at radius 2 is 2.50 bits per heavy atom. The number of hydrogen-bond donors (Lipinski definition) is 1. The smallest absolute Gasteiger partial charge is 0.113 e. The Bertz CT molecular complexity index is 330. The van der Waals surface area contributed by atoms with Crippen molar-refractivity contribution in [1.29, 1.82) is 0 Å². The van der Waals surface area contributed by atoms with Gasteiger partial charge in [0, 0.05) is 10.7 Å². The number of pyridine rings is 1. The monoisotopic (exact) mass is 252 g/mol. The second kappa shape index (κ2) is 5.79. The maximum atomic E-state index is 5.44. The predicted molar refractivity (Wildman–Crippen MR) is 61.8 cm³/mol. The minimum Gasteiger partial charge on any atom is -0.299 e. The average molecular weight is 253 g/mol. The summed E-state index contributed by atoms with van der Waals surface area (Å²) in [6, 6.07) is 3.71. The van der Waals surface area contributed by atoms with Crippen LogP contribution in [-0.4, -0.2) is 11.5 Å². The van der Waals surface area contributed by atoms with Gasteiger partial charge in [0.15, 0.2) is 0 Å². The summed E-state index contributed by atoms with van der Waals surface area (Å²) in [7, 11) is 0. The minimum atomic E-state index is -0.106. The Morgan fingerprint density at radius 1 is 1.71 bits per heavy atom. The van der Waals surface area contributed by atoms with Crippen LogP contribution in [0.25, 0.3) is 0 Å². The third kappa shape index (κ3) is 2.83. The van der Waals surface area contributed by atoms with Gasteiger partial charge in [-0.25, -0.2) is 0 Å². The highest BCUT2D eigenvalue weighted by molar-refractivity contribution is 9.10. The lowest BCUT2D eigenvalue weighted by Crippen LogP contribution is -2.21. The van der Waals surface area contributed by atoms with Gasteiger partial charge in [-0.2, -0.15) is 0 Å². The fourth-order valence-corrected chi connectivity index (χ4v) is 1.62. The van der Waals surface area contributed by atoms with E-state index in [4.69, 9.17) is 6.42 Å². The Kier molecular flexibility index (Phi) is 4.64. The first-order chi connectivity index (χ1) is 6.79. The molecular weight excluding hydrogens is 240 g/mol. The van der Waals surface area contributed by atoms with Crippen LogP contribution in [0.5, 0.6) is 0 Å². The molecule has 1 aromatic rings. The van der Waals surface area contributed by atoms with Crippen LogP contribution in [0.1, 0.15) is 25.1 Å². The van der Waals surface area contributed by atoms with E-state index >= 15 is 0 Å². The van der Waals surface area contributed by atoms with Gasteiger partial charge in [0.2, 0.25) is 0 Å². The highest BCUT2D eigenvalue weighted by Crippen LogP contribution is 2.19. The van der Waals surface area contributed by atoms with Crippen LogP contribution in [-0.2, 0) is 0 Å². The summed E-state index contributed by atoms with van der Waals surface area (Å²) in [5, 5.41) is 3.25. The second-order valence-electron chi connectivity index (χ2n) is 2.92. The molecule has 14 heavy (non-hydrogen) atoms. The molecule has 0 amide bonds. The maximum absolute atomic E-state index is 5.44. The highest BCUT2D eigenvalue weighted by atomic mass is 79.9. The lowest BCUT2D eigenvalue weighted by atomic mass is 10.2. The third-order valence-corrected chi connectivity index (χ3v) is 2.50. The van der Waals surface area contributed by atoms with Crippen molar-refractivity contribution in [2.45, 2.75) is 19.4 Å². The molecule has 0 bridgehead atoms. The van der Waals surface area contributed by atoms with Gasteiger partial charge in [0.1, 0.15) is 6.04 Å². The first kappa shape index (κ1) is 11.2. The van der Waals surface area contributed by atoms with Crippen molar-refractivity contribution >= 4 is 15.9 Å². The molecule has 1 rings (SSSR count). The van der Waals surface area contributed by atoms with Gasteiger partial charge < -0.3 is 0 Å². The van der Waals surface area contributed by atoms with E-state index in [-0.39, 0.29) is 6.04 Å². The van der Waals surface area contributed by atoms with E-state index in [1.807, 2.05) is 12.1 Å². The zero-order valence-corrected chi connectivity index (χ0v) is 9.71. The van der Waals surface area contributed by atoms with Crippen LogP contribution in [0, 0.1) is 12.3 Å². The van der Waals surface area contributed by atoms with Gasteiger partial charge in [0.05, 0.1) is 5.69 Å². The fourth-order valence-electron chi connectivity index (χ4n) is 1.13. The highest BCUT2D eigenvalue weighted by Gasteiger charge is 2.11. The lowest BCUT2D eigenvalue weighted by Gasteiger charge is -2.12. The molecule has 0 fully saturated rings. The molecule has 0 radical (unpaired) electrons. The molecule has 1 N–H and O–H groups in total. The Hall–Kier alpha value is -0.850. The average Bonchev–Trinajstić information content (AvgIpc) is 2.21. The topological polar surface area (TPSA) is 24.9 Å². The molecule has 0 aromatic carbocycles. The zero-order valence-electron chi connectivity index (χ0n) is 8.13. The molecule has 0 saturated carbocycles. The van der Waals surface area contributed by atoms with Gasteiger partial charge in [0.25, 0.3) is 0 Å². The number of terminal acetylenes is 1. The summed E-state index contributed by atoms with van der Waals surface area (Å²) >= 11 is 3.43. The van der Waals surface area contributed by atoms with E-state index in [1.54, 1.807) is 6.20 Å². The standard InChI is InChI=1S/C11H13BrN2/c1-3-7-13-10(4-2)11-9(12)6-5-8-14-11/h2,5-6,8,10,13H,3,7H2,1H3. The van der Waals surface area contributed by atoms with Crippen molar-refractivity contribution in [3.63, 3.8) is 0 Å². The summed E-state index contributed by atoms with van der Waals surface area (Å²) in [5.41, 5.74) is 0.878. The van der Waals surface area contributed by atoms with Crippen LogP contribution >= 0.6 is 15.9 Å². The predicted octanol–water partition coefficient (Wildman–Crippen LogP) is 2.52. The summed E-state index contributed by atoms with van der Waals surface area (Å²) in [4.78, 5) is 4.25. The van der Waals surface area contributed by atoms with Gasteiger partial charge in [-0.05, 0) is 41.0 Å². The van der Waals surface area contributed by atoms with Gasteiger partial charge in [-0.3, -0.25) is 10.3 Å². The SMILES string of the molecule is C#CC(NCCC)c1ncccc1Br. The van der Waals surface area contributed by atoms with Crippen molar-refractivity contribution in [3.8, 4) is 12.3 Å². The molecule has 0 aliphatic rings. The van der Waals surface area contributed by atoms with Crippen molar-refractivity contribution < 1.29 is 0 Å². The van der Waals surface area contributed by atoms with E-state index < -0.39 is 0 Å². The van der Waals surface area contributed by atoms with Crippen LogP contribution < -0.4 is 5.32 Å². The summed E-state index contributed by atoms with van der Waals surface area (Å²) in [5.74, 6) is 2.69. The number of nitrogens with zero attached hydrogens (tertiary/aromatic N) is 1. The van der Waals surface area contributed by atoms with Crippen molar-refractivity contribution in [2.24, 2.45) is 0 Å². The molecular formula is C11H13BrN2. The number of nitrogens with one attached hydrogen (secondary N) is 1. The van der Waals surface area contributed by atoms with Gasteiger partial charge in [-0.1, -0.05) is 12.8 Å². The van der Waals surface area contributed by atoms with E-state index in [9.17, 15) is 0 Å². The quantitative estimate of drug-likeness (QED) is 0.834. The largest absolute Gasteiger partial charge is 0.299 e. The summed E-state index contributed by atoms with van der Waals surface area (Å²) < 4.78 is 0.951. The van der Waals surface area contributed by atoms with Crippen LogP contribution in [0.2, 0.25) is 0 Å². The summed E-state index contributed by atoms with van der Waals surface area (Å²) in [6.07, 6.45) is 8.25. The van der Waals surface area contributed by atoms with Gasteiger partial charge in [-0.15, -0.1) is 6.42 Å². The van der Waals surface area contributed by atoms with E-state index in [1.165, 1.54) is 0 Å². The molecule has 1 heterocycles. The van der Waals surface area contributed by atoms with E-state index in [2.05, 4.69) is 39.1 Å². The zero-order chi connectivity index (χ0) is 10.4. The molecule has 0 aliphatic carbocycles. The lowest BCUT2D eigenvalue weighted by molar-refractivity contribution is 0.612. The number of halogens is 1. The first-order valence-electron chi connectivity index (χ1n) is 4.59. The van der Waals surface area contributed by atoms with Crippen molar-refractivity contribution in [3.05, 3.63) is 28.5 Å². The molecule has 3 heteroatoms. The molecule has 0 spiro atoms. The third-order valence-electron chi connectivity index (χ3n) is 1.83. The van der Waals surface area contributed by atoms with Crippen molar-refractivity contribution in [2.75, 3.05) is 6.54 Å². The molecule has 1 aromatic heterocycles. The molecule has 0 saturated heterocycles. The molecule has 2 nitrogen and oxygen atoms in total. The fraction of sp³-hybridized carbons (Fsp3) is 0.364. The summed E-state index contributed by atoms with van der Waals surface area (Å²) in [6.45, 7) is 3.01. The minimum absolute atomic E-state index is 0.106. The molecule has 1 atom stereocenters. The number of rotatable bonds is 4. The van der Waals surface area contributed by atoms with Crippen LogP contribution in [0.4, 0.5) is 0 Å². The van der Waals surface area contributed by atoms with E-state index in [0.29, 0.717) is 0 Å². The van der Waals surface area contributed by atoms with Crippen LogP contribution in [0.3, 0.4) is 0 Å². The Morgan fingerprint density at radius 3 is 3.07 bits per heavy atom. The van der Waals surface area contributed by atoms with Crippen LogP contribution in [0.15, 0.2) is 22.8 Å². The second-order valence-corrected chi connectivity index (χ2v) is 3.78. The Labute approximate surface area is 93.3 Å². The number of hydrogen-bond acceptors (Lipinski definition) is 2. The van der Waals surface area contributed by atoms with Gasteiger partial charge >= 0.3 is 0 Å². The van der Waals surface area contributed by atoms with E-state index in [0.717, 1.165) is 23.1 Å². The van der Waals surface area contributed by atoms with Crippen molar-refractivity contribution in [1.82, 2.24) is 10.3 Å². The Balaban J connectivity index is 2.80. The molecule has 0 aliphatic heterocycles. The number of aromatic nitrogens is 1. The maximum Gasteiger partial charge on any atom is 0.113 e. The molecule has 1 unspecified atom stereocenters.